The highest BCUT2D eigenvalue weighted by atomic mass is 35.5. The Hall–Kier alpha value is -0.930. The van der Waals surface area contributed by atoms with Crippen LogP contribution in [0.25, 0.3) is 11.1 Å². The lowest BCUT2D eigenvalue weighted by molar-refractivity contribution is 0.100. The van der Waals surface area contributed by atoms with Crippen LogP contribution in [0.5, 0.6) is 0 Å². The molecule has 0 aliphatic carbocycles. The number of nitrogens with two attached hydrogens (primary N) is 1. The average Bonchev–Trinajstić information content (AvgIpc) is 2.29. The summed E-state index contributed by atoms with van der Waals surface area (Å²) in [5.41, 5.74) is 6.61. The number of halogens is 4. The van der Waals surface area contributed by atoms with Gasteiger partial charge in [0.2, 0.25) is 5.91 Å². The van der Waals surface area contributed by atoms with Crippen molar-refractivity contribution in [3.8, 4) is 11.1 Å². The molecule has 0 spiro atoms. The molecule has 0 radical (unpaired) electrons. The van der Waals surface area contributed by atoms with E-state index >= 15 is 0 Å². The molecule has 6 heteroatoms. The quantitative estimate of drug-likeness (QED) is 0.818. The van der Waals surface area contributed by atoms with Crippen LogP contribution >= 0.6 is 46.4 Å². The van der Waals surface area contributed by atoms with Gasteiger partial charge >= 0.3 is 0 Å². The Morgan fingerprint density at radius 3 is 2.00 bits per heavy atom. The maximum atomic E-state index is 11.2. The monoisotopic (exact) mass is 333 g/mol. The summed E-state index contributed by atoms with van der Waals surface area (Å²) in [6, 6.07) is 7.75. The molecule has 0 fully saturated rings. The van der Waals surface area contributed by atoms with E-state index in [-0.39, 0.29) is 0 Å². The van der Waals surface area contributed by atoms with Crippen LogP contribution in [0, 0.1) is 0 Å². The second kappa shape index (κ2) is 5.59. The van der Waals surface area contributed by atoms with Gasteiger partial charge in [-0.05, 0) is 30.3 Å². The van der Waals surface area contributed by atoms with E-state index in [1.54, 1.807) is 24.3 Å². The van der Waals surface area contributed by atoms with Gasteiger partial charge in [0.05, 0.1) is 10.0 Å². The van der Waals surface area contributed by atoms with Crippen LogP contribution in [-0.2, 0) is 0 Å². The summed E-state index contributed by atoms with van der Waals surface area (Å²) in [6.07, 6.45) is 0. The molecule has 2 aromatic carbocycles. The predicted molar refractivity (Wildman–Crippen MR) is 80.4 cm³/mol. The number of amides is 1. The summed E-state index contributed by atoms with van der Waals surface area (Å²) >= 11 is 24.2. The highest BCUT2D eigenvalue weighted by molar-refractivity contribution is 6.43. The van der Waals surface area contributed by atoms with E-state index in [0.29, 0.717) is 36.8 Å². The minimum atomic E-state index is -0.556. The van der Waals surface area contributed by atoms with Gasteiger partial charge in [-0.2, -0.15) is 0 Å². The topological polar surface area (TPSA) is 43.1 Å². The molecule has 0 aliphatic heterocycles. The van der Waals surface area contributed by atoms with Gasteiger partial charge in [0.25, 0.3) is 0 Å². The van der Waals surface area contributed by atoms with Crippen molar-refractivity contribution in [2.75, 3.05) is 0 Å². The van der Waals surface area contributed by atoms with E-state index in [2.05, 4.69) is 0 Å². The lowest BCUT2D eigenvalue weighted by Crippen LogP contribution is -2.10. The van der Waals surface area contributed by atoms with Crippen molar-refractivity contribution in [2.45, 2.75) is 0 Å². The normalized spacial score (nSPS) is 10.5. The number of primary amides is 1. The summed E-state index contributed by atoms with van der Waals surface area (Å²) in [7, 11) is 0. The highest BCUT2D eigenvalue weighted by Crippen LogP contribution is 2.40. The standard InChI is InChI=1S/C13H7Cl4NO/c14-7-4-10(16)12(11(17)5-7)8-3-6(13(18)19)1-2-9(8)15/h1-5H,(H2,18,19). The van der Waals surface area contributed by atoms with Crippen LogP contribution in [0.1, 0.15) is 10.4 Å². The average molecular weight is 335 g/mol. The second-order valence-corrected chi connectivity index (χ2v) is 5.46. The van der Waals surface area contributed by atoms with Crippen molar-refractivity contribution < 1.29 is 4.79 Å². The van der Waals surface area contributed by atoms with E-state index in [0.717, 1.165) is 0 Å². The van der Waals surface area contributed by atoms with Crippen molar-refractivity contribution in [3.05, 3.63) is 56.0 Å². The number of benzene rings is 2. The van der Waals surface area contributed by atoms with Gasteiger partial charge in [-0.1, -0.05) is 46.4 Å². The van der Waals surface area contributed by atoms with Crippen molar-refractivity contribution in [3.63, 3.8) is 0 Å². The van der Waals surface area contributed by atoms with Gasteiger partial charge in [-0.15, -0.1) is 0 Å². The molecule has 0 aliphatic rings. The summed E-state index contributed by atoms with van der Waals surface area (Å²) in [6.45, 7) is 0. The van der Waals surface area contributed by atoms with E-state index in [4.69, 9.17) is 52.1 Å². The Balaban J connectivity index is 2.71. The Bertz CT molecular complexity index is 647. The molecule has 0 bridgehead atoms. The number of rotatable bonds is 2. The molecule has 0 saturated carbocycles. The first kappa shape index (κ1) is 14.5. The van der Waals surface area contributed by atoms with Crippen molar-refractivity contribution >= 4 is 52.3 Å². The molecule has 2 aromatic rings. The summed E-state index contributed by atoms with van der Waals surface area (Å²) in [4.78, 5) is 11.2. The third kappa shape index (κ3) is 2.98. The van der Waals surface area contributed by atoms with Crippen LogP contribution in [0.15, 0.2) is 30.3 Å². The maximum Gasteiger partial charge on any atom is 0.248 e. The maximum absolute atomic E-state index is 11.2. The molecule has 2 N–H and O–H groups in total. The van der Waals surface area contributed by atoms with E-state index in [1.165, 1.54) is 6.07 Å². The number of hydrogen-bond donors (Lipinski definition) is 1. The number of carbonyl (C=O) groups is 1. The smallest absolute Gasteiger partial charge is 0.248 e. The molecule has 2 rings (SSSR count). The van der Waals surface area contributed by atoms with E-state index < -0.39 is 5.91 Å². The van der Waals surface area contributed by atoms with Gasteiger partial charge in [0.1, 0.15) is 0 Å². The third-order valence-electron chi connectivity index (χ3n) is 2.53. The van der Waals surface area contributed by atoms with Crippen LogP contribution in [0.2, 0.25) is 20.1 Å². The van der Waals surface area contributed by atoms with Crippen LogP contribution in [0.4, 0.5) is 0 Å². The Labute approximate surface area is 130 Å². The minimum absolute atomic E-state index is 0.321. The third-order valence-corrected chi connectivity index (χ3v) is 3.67. The lowest BCUT2D eigenvalue weighted by Gasteiger charge is -2.11. The first-order valence-corrected chi connectivity index (χ1v) is 6.65. The lowest BCUT2D eigenvalue weighted by atomic mass is 10.0. The zero-order valence-corrected chi connectivity index (χ0v) is 12.4. The molecule has 1 amide bonds. The minimum Gasteiger partial charge on any atom is -0.366 e. The number of hydrogen-bond acceptors (Lipinski definition) is 1. The molecular formula is C13H7Cl4NO. The van der Waals surface area contributed by atoms with Crippen LogP contribution in [-0.4, -0.2) is 5.91 Å². The summed E-state index contributed by atoms with van der Waals surface area (Å²) in [5, 5.41) is 1.53. The van der Waals surface area contributed by atoms with Gasteiger partial charge in [-0.25, -0.2) is 0 Å². The first-order chi connectivity index (χ1) is 8.90. The highest BCUT2D eigenvalue weighted by Gasteiger charge is 2.15. The van der Waals surface area contributed by atoms with Crippen LogP contribution < -0.4 is 5.73 Å². The molecule has 0 unspecified atom stereocenters. The molecule has 19 heavy (non-hydrogen) atoms. The van der Waals surface area contributed by atoms with Gasteiger partial charge < -0.3 is 5.73 Å². The van der Waals surface area contributed by atoms with E-state index in [9.17, 15) is 4.79 Å². The zero-order valence-electron chi connectivity index (χ0n) is 9.38. The van der Waals surface area contributed by atoms with Gasteiger partial charge in [0, 0.05) is 26.7 Å². The Morgan fingerprint density at radius 2 is 1.47 bits per heavy atom. The van der Waals surface area contributed by atoms with Crippen molar-refractivity contribution in [1.82, 2.24) is 0 Å². The SMILES string of the molecule is NC(=O)c1ccc(Cl)c(-c2c(Cl)cc(Cl)cc2Cl)c1. The first-order valence-electron chi connectivity index (χ1n) is 5.14. The molecule has 0 aromatic heterocycles. The molecule has 0 heterocycles. The second-order valence-electron chi connectivity index (χ2n) is 3.80. The fraction of sp³-hybridized carbons (Fsp3) is 0. The fourth-order valence-corrected chi connectivity index (χ4v) is 2.90. The predicted octanol–water partition coefficient (Wildman–Crippen LogP) is 5.07. The largest absolute Gasteiger partial charge is 0.366 e. The molecule has 2 nitrogen and oxygen atoms in total. The molecule has 0 atom stereocenters. The van der Waals surface area contributed by atoms with Crippen LogP contribution in [0.3, 0.4) is 0 Å². The molecule has 0 saturated heterocycles. The van der Waals surface area contributed by atoms with E-state index in [1.807, 2.05) is 0 Å². The fourth-order valence-electron chi connectivity index (χ4n) is 1.67. The van der Waals surface area contributed by atoms with Crippen molar-refractivity contribution in [1.29, 1.82) is 0 Å². The molecular weight excluding hydrogens is 328 g/mol. The summed E-state index contributed by atoms with van der Waals surface area (Å²) in [5.74, 6) is -0.556. The Morgan fingerprint density at radius 1 is 0.895 bits per heavy atom. The van der Waals surface area contributed by atoms with Gasteiger partial charge in [0.15, 0.2) is 0 Å². The number of carbonyl (C=O) groups excluding carboxylic acids is 1. The summed E-state index contributed by atoms with van der Waals surface area (Å²) < 4.78 is 0. The van der Waals surface area contributed by atoms with Gasteiger partial charge in [-0.3, -0.25) is 4.79 Å². The molecule has 98 valence electrons. The zero-order chi connectivity index (χ0) is 14.2. The van der Waals surface area contributed by atoms with Crippen molar-refractivity contribution in [2.24, 2.45) is 5.73 Å². The Kier molecular flexibility index (Phi) is 4.26.